The van der Waals surface area contributed by atoms with Gasteiger partial charge in [-0.15, -0.1) is 0 Å². The van der Waals surface area contributed by atoms with Crippen molar-refractivity contribution in [1.82, 2.24) is 0 Å². The van der Waals surface area contributed by atoms with Crippen molar-refractivity contribution in [2.75, 3.05) is 0 Å². The van der Waals surface area contributed by atoms with E-state index >= 15 is 0 Å². The number of halogens is 1. The van der Waals surface area contributed by atoms with Crippen molar-refractivity contribution >= 4 is 28.2 Å². The quantitative estimate of drug-likeness (QED) is 0.222. The lowest BCUT2D eigenvalue weighted by atomic mass is 9.63. The lowest BCUT2D eigenvalue weighted by Crippen LogP contribution is -2.27. The van der Waals surface area contributed by atoms with Crippen LogP contribution in [0, 0.1) is 8.99 Å². The molecule has 0 amide bonds. The second kappa shape index (κ2) is 13.0. The summed E-state index contributed by atoms with van der Waals surface area (Å²) in [5.74, 6) is 0. The van der Waals surface area contributed by atoms with Gasteiger partial charge in [0.25, 0.3) is 0 Å². The molecule has 1 heteroatoms. The molecule has 172 valence electrons. The van der Waals surface area contributed by atoms with Crippen molar-refractivity contribution in [1.29, 1.82) is 0 Å². The normalized spacial score (nSPS) is 16.5. The highest BCUT2D eigenvalue weighted by Crippen LogP contribution is 2.61. The third-order valence-corrected chi connectivity index (χ3v) is 7.49. The Bertz CT molecular complexity index is 756. The summed E-state index contributed by atoms with van der Waals surface area (Å²) in [6, 6.07) is 9.34. The lowest BCUT2D eigenvalue weighted by Gasteiger charge is -2.40. The summed E-state index contributed by atoms with van der Waals surface area (Å²) in [6.07, 6.45) is 16.1. The molecule has 1 aliphatic carbocycles. The Balaban J connectivity index is 2.92. The van der Waals surface area contributed by atoms with E-state index in [1.54, 1.807) is 27.9 Å². The predicted molar refractivity (Wildman–Crippen MR) is 148 cm³/mol. The van der Waals surface area contributed by atoms with Gasteiger partial charge in [0.2, 0.25) is 0 Å². The van der Waals surface area contributed by atoms with Gasteiger partial charge >= 0.3 is 0 Å². The fourth-order valence-electron chi connectivity index (χ4n) is 5.90. The summed E-state index contributed by atoms with van der Waals surface area (Å²) < 4.78 is 1.32. The number of benzene rings is 1. The topological polar surface area (TPSA) is 0 Å². The lowest BCUT2D eigenvalue weighted by molar-refractivity contribution is 0.475. The van der Waals surface area contributed by atoms with Gasteiger partial charge in [-0.3, -0.25) is 0 Å². The maximum absolute atomic E-state index is 2.57. The summed E-state index contributed by atoms with van der Waals surface area (Å²) in [7, 11) is 0. The van der Waals surface area contributed by atoms with Crippen LogP contribution in [0.5, 0.6) is 0 Å². The molecule has 0 bridgehead atoms. The van der Waals surface area contributed by atoms with Crippen LogP contribution in [0.1, 0.15) is 118 Å². The van der Waals surface area contributed by atoms with Crippen molar-refractivity contribution in [3.8, 4) is 0 Å². The monoisotopic (exact) mass is 532 g/mol. The van der Waals surface area contributed by atoms with Gasteiger partial charge in [0.05, 0.1) is 0 Å². The summed E-state index contributed by atoms with van der Waals surface area (Å²) in [6.45, 7) is 14.2. The van der Waals surface area contributed by atoms with Crippen LogP contribution in [0.3, 0.4) is 0 Å². The Hall–Kier alpha value is -0.830. The molecule has 0 saturated carbocycles. The highest BCUT2D eigenvalue weighted by Gasteiger charge is 2.47. The first kappa shape index (κ1) is 26.4. The Labute approximate surface area is 206 Å². The molecule has 0 aromatic heterocycles. The molecule has 0 atom stereocenters. The average Bonchev–Trinajstić information content (AvgIpc) is 2.98. The molecule has 0 unspecified atom stereocenters. The summed E-state index contributed by atoms with van der Waals surface area (Å²) in [4.78, 5) is 0. The van der Waals surface area contributed by atoms with Gasteiger partial charge in [0.1, 0.15) is 0 Å². The molecule has 0 saturated heterocycles. The molecule has 0 N–H and O–H groups in total. The molecule has 1 aliphatic rings. The van der Waals surface area contributed by atoms with Gasteiger partial charge in [0, 0.05) is 8.99 Å². The van der Waals surface area contributed by atoms with Crippen molar-refractivity contribution in [2.45, 2.75) is 112 Å². The van der Waals surface area contributed by atoms with E-state index in [2.05, 4.69) is 94.5 Å². The summed E-state index contributed by atoms with van der Waals surface area (Å²) >= 11 is 2.44. The van der Waals surface area contributed by atoms with E-state index in [9.17, 15) is 0 Å². The molecule has 0 heterocycles. The second-order valence-electron chi connectivity index (χ2n) is 9.10. The molecule has 0 spiro atoms. The van der Waals surface area contributed by atoms with Crippen LogP contribution in [-0.2, 0) is 0 Å². The molecule has 0 aliphatic heterocycles. The van der Waals surface area contributed by atoms with Gasteiger partial charge in [-0.1, -0.05) is 103 Å². The fourth-order valence-corrected chi connectivity index (χ4v) is 6.26. The van der Waals surface area contributed by atoms with Crippen molar-refractivity contribution in [2.24, 2.45) is 5.41 Å². The zero-order valence-corrected chi connectivity index (χ0v) is 23.2. The van der Waals surface area contributed by atoms with Crippen molar-refractivity contribution < 1.29 is 0 Å². The molecule has 0 nitrogen and oxygen atoms in total. The van der Waals surface area contributed by atoms with E-state index in [1.807, 2.05) is 0 Å². The standard InChI is InChI=1S/C30H45I/c1-7-13-25-26(14-8-2)29(17-11-5)30(22-12-6,28(25)16-10-4)27(15-9-3)23-18-20-24(31)21-19-23/h15,18-21H,7-14,16-17,22H2,1-6H3/b27-15-. The minimum atomic E-state index is 0.110. The van der Waals surface area contributed by atoms with E-state index in [1.165, 1.54) is 73.3 Å². The molecule has 0 fully saturated rings. The van der Waals surface area contributed by atoms with Crippen molar-refractivity contribution in [3.05, 3.63) is 61.8 Å². The molecule has 2 rings (SSSR count). The van der Waals surface area contributed by atoms with Gasteiger partial charge in [-0.2, -0.15) is 0 Å². The maximum atomic E-state index is 2.57. The number of allylic oxidation sites excluding steroid dienone is 6. The van der Waals surface area contributed by atoms with E-state index < -0.39 is 0 Å². The van der Waals surface area contributed by atoms with E-state index in [0.717, 1.165) is 6.42 Å². The van der Waals surface area contributed by atoms with Crippen LogP contribution < -0.4 is 0 Å². The largest absolute Gasteiger partial charge is 0.0798 e. The first-order valence-electron chi connectivity index (χ1n) is 13.0. The molecule has 0 radical (unpaired) electrons. The Kier molecular flexibility index (Phi) is 11.1. The Morgan fingerprint density at radius 2 is 1.19 bits per heavy atom. The zero-order chi connectivity index (χ0) is 22.9. The fraction of sp³-hybridized carbons (Fsp3) is 0.600. The van der Waals surface area contributed by atoms with Gasteiger partial charge in [-0.25, -0.2) is 0 Å². The van der Waals surface area contributed by atoms with Crippen LogP contribution in [0.4, 0.5) is 0 Å². The smallest absolute Gasteiger partial charge is 0.0384 e. The summed E-state index contributed by atoms with van der Waals surface area (Å²) in [5, 5.41) is 0. The highest BCUT2D eigenvalue weighted by atomic mass is 127. The first-order chi connectivity index (χ1) is 15.0. The average molecular weight is 533 g/mol. The van der Waals surface area contributed by atoms with Crippen LogP contribution in [0.15, 0.2) is 52.6 Å². The zero-order valence-electron chi connectivity index (χ0n) is 21.0. The molecule has 1 aromatic rings. The summed E-state index contributed by atoms with van der Waals surface area (Å²) in [5.41, 5.74) is 10.2. The maximum Gasteiger partial charge on any atom is 0.0384 e. The SMILES string of the molecule is CC/C=C(/c1ccc(I)cc1)C1(CCC)C(CCC)=C(CCC)C(CCC)=C1CCC. The molecular formula is C30H45I. The van der Waals surface area contributed by atoms with E-state index in [4.69, 9.17) is 0 Å². The van der Waals surface area contributed by atoms with E-state index in [-0.39, 0.29) is 5.41 Å². The second-order valence-corrected chi connectivity index (χ2v) is 10.3. The number of rotatable bonds is 13. The first-order valence-corrected chi connectivity index (χ1v) is 14.0. The van der Waals surface area contributed by atoms with Crippen LogP contribution in [-0.4, -0.2) is 0 Å². The Morgan fingerprint density at radius 3 is 1.58 bits per heavy atom. The Morgan fingerprint density at radius 1 is 0.710 bits per heavy atom. The van der Waals surface area contributed by atoms with Crippen molar-refractivity contribution in [3.63, 3.8) is 0 Å². The molecule has 31 heavy (non-hydrogen) atoms. The highest BCUT2D eigenvalue weighted by molar-refractivity contribution is 14.1. The van der Waals surface area contributed by atoms with Crippen LogP contribution in [0.2, 0.25) is 0 Å². The minimum Gasteiger partial charge on any atom is -0.0798 e. The minimum absolute atomic E-state index is 0.110. The van der Waals surface area contributed by atoms with Gasteiger partial charge in [-0.05, 0) is 95.5 Å². The predicted octanol–water partition coefficient (Wildman–Crippen LogP) is 10.7. The number of hydrogen-bond acceptors (Lipinski definition) is 0. The van der Waals surface area contributed by atoms with Gasteiger partial charge < -0.3 is 0 Å². The third kappa shape index (κ3) is 5.57. The molecule has 1 aromatic carbocycles. The molecular weight excluding hydrogens is 487 g/mol. The van der Waals surface area contributed by atoms with Crippen LogP contribution in [0.25, 0.3) is 5.57 Å². The van der Waals surface area contributed by atoms with E-state index in [0.29, 0.717) is 0 Å². The number of hydrogen-bond donors (Lipinski definition) is 0. The van der Waals surface area contributed by atoms with Gasteiger partial charge in [0.15, 0.2) is 0 Å². The third-order valence-electron chi connectivity index (χ3n) is 6.77. The van der Waals surface area contributed by atoms with Crippen LogP contribution >= 0.6 is 22.6 Å².